The van der Waals surface area contributed by atoms with E-state index < -0.39 is 23.2 Å². The number of aromatic nitrogens is 3. The van der Waals surface area contributed by atoms with Crippen LogP contribution in [0.2, 0.25) is 0 Å². The van der Waals surface area contributed by atoms with Gasteiger partial charge in [0, 0.05) is 0 Å². The number of hydrazone groups is 1. The Labute approximate surface area is 180 Å². The summed E-state index contributed by atoms with van der Waals surface area (Å²) < 4.78 is 33.7. The molecule has 0 aliphatic carbocycles. The number of para-hydroxylation sites is 1. The van der Waals surface area contributed by atoms with Crippen LogP contribution in [-0.4, -0.2) is 39.4 Å². The minimum atomic E-state index is -0.864. The maximum atomic E-state index is 13.6. The van der Waals surface area contributed by atoms with Crippen molar-refractivity contribution in [3.63, 3.8) is 0 Å². The Morgan fingerprint density at radius 2 is 1.94 bits per heavy atom. The van der Waals surface area contributed by atoms with E-state index in [1.807, 2.05) is 31.2 Å². The normalized spacial score (nSPS) is 10.9. The molecule has 31 heavy (non-hydrogen) atoms. The third-order valence-corrected chi connectivity index (χ3v) is 4.74. The number of carbonyl (C=O) groups is 1. The van der Waals surface area contributed by atoms with Gasteiger partial charge in [0.1, 0.15) is 23.1 Å². The molecule has 0 saturated carbocycles. The van der Waals surface area contributed by atoms with Crippen molar-refractivity contribution >= 4 is 35.5 Å². The number of nitrogens with zero attached hydrogens (tertiary/aromatic N) is 4. The number of anilines is 2. The van der Waals surface area contributed by atoms with Crippen molar-refractivity contribution in [3.05, 3.63) is 59.7 Å². The maximum absolute atomic E-state index is 13.6. The predicted molar refractivity (Wildman–Crippen MR) is 115 cm³/mol. The third kappa shape index (κ3) is 5.92. The zero-order valence-corrected chi connectivity index (χ0v) is 17.2. The summed E-state index contributed by atoms with van der Waals surface area (Å²) in [6, 6.07) is 10.6. The standard InChI is InChI=1S/C19H19F2N7O2S/c1-2-30-13-8-6-12(7-9-13)10-23-25-18-26-27-19(28(18)22)31-11-16(29)24-17-14(20)4-3-5-15(17)21/h3-10H,2,11,22H2,1H3,(H,24,29)(H,25,26)/b23-10+. The first-order valence-corrected chi connectivity index (χ1v) is 10.1. The van der Waals surface area contributed by atoms with Crippen molar-refractivity contribution in [2.24, 2.45) is 5.10 Å². The quantitative estimate of drug-likeness (QED) is 0.200. The van der Waals surface area contributed by atoms with Gasteiger partial charge in [-0.2, -0.15) is 5.10 Å². The van der Waals surface area contributed by atoms with Crippen LogP contribution in [0.25, 0.3) is 0 Å². The molecule has 0 aliphatic rings. The van der Waals surface area contributed by atoms with Crippen LogP contribution in [0.5, 0.6) is 5.75 Å². The van der Waals surface area contributed by atoms with Crippen LogP contribution >= 0.6 is 11.8 Å². The van der Waals surface area contributed by atoms with Gasteiger partial charge in [-0.05, 0) is 48.9 Å². The van der Waals surface area contributed by atoms with Gasteiger partial charge >= 0.3 is 0 Å². The lowest BCUT2D eigenvalue weighted by molar-refractivity contribution is -0.113. The number of hydrogen-bond acceptors (Lipinski definition) is 8. The highest BCUT2D eigenvalue weighted by molar-refractivity contribution is 7.99. The Kier molecular flexibility index (Phi) is 7.38. The first kappa shape index (κ1) is 22.0. The Bertz CT molecular complexity index is 1050. The highest BCUT2D eigenvalue weighted by Gasteiger charge is 2.15. The largest absolute Gasteiger partial charge is 0.494 e. The van der Waals surface area contributed by atoms with Crippen LogP contribution in [0.3, 0.4) is 0 Å². The van der Waals surface area contributed by atoms with E-state index in [0.29, 0.717) is 6.61 Å². The van der Waals surface area contributed by atoms with Crippen molar-refractivity contribution in [2.75, 3.05) is 28.9 Å². The average Bonchev–Trinajstić information content (AvgIpc) is 3.10. The van der Waals surface area contributed by atoms with Crippen LogP contribution in [0.4, 0.5) is 20.4 Å². The van der Waals surface area contributed by atoms with Gasteiger partial charge in [0.05, 0.1) is 18.6 Å². The second-order valence-electron chi connectivity index (χ2n) is 5.98. The number of ether oxygens (including phenoxy) is 1. The Balaban J connectivity index is 1.53. The highest BCUT2D eigenvalue weighted by atomic mass is 32.2. The van der Waals surface area contributed by atoms with Gasteiger partial charge in [-0.1, -0.05) is 17.8 Å². The predicted octanol–water partition coefficient (Wildman–Crippen LogP) is 2.85. The number of nitrogens with one attached hydrogen (secondary N) is 2. The molecular weight excluding hydrogens is 428 g/mol. The molecule has 0 unspecified atom stereocenters. The summed E-state index contributed by atoms with van der Waals surface area (Å²) in [6.07, 6.45) is 1.56. The molecular formula is C19H19F2N7O2S. The Morgan fingerprint density at radius 3 is 2.61 bits per heavy atom. The monoisotopic (exact) mass is 447 g/mol. The smallest absolute Gasteiger partial charge is 0.264 e. The van der Waals surface area contributed by atoms with Crippen molar-refractivity contribution in [1.29, 1.82) is 0 Å². The highest BCUT2D eigenvalue weighted by Crippen LogP contribution is 2.20. The van der Waals surface area contributed by atoms with E-state index in [0.717, 1.165) is 39.9 Å². The van der Waals surface area contributed by atoms with Crippen molar-refractivity contribution < 1.29 is 18.3 Å². The lowest BCUT2D eigenvalue weighted by Gasteiger charge is -2.07. The molecule has 0 saturated heterocycles. The summed E-state index contributed by atoms with van der Waals surface area (Å²) >= 11 is 0.945. The fraction of sp³-hybridized carbons (Fsp3) is 0.158. The molecule has 162 valence electrons. The topological polar surface area (TPSA) is 119 Å². The Morgan fingerprint density at radius 1 is 1.23 bits per heavy atom. The number of nitrogen functional groups attached to an aromatic ring is 1. The maximum Gasteiger partial charge on any atom is 0.264 e. The summed E-state index contributed by atoms with van der Waals surface area (Å²) in [6.45, 7) is 2.49. The van der Waals surface area contributed by atoms with Crippen molar-refractivity contribution in [2.45, 2.75) is 12.1 Å². The first-order chi connectivity index (χ1) is 15.0. The third-order valence-electron chi connectivity index (χ3n) is 3.79. The van der Waals surface area contributed by atoms with E-state index in [1.165, 1.54) is 6.07 Å². The van der Waals surface area contributed by atoms with Gasteiger partial charge in [-0.15, -0.1) is 10.2 Å². The van der Waals surface area contributed by atoms with Gasteiger partial charge in [-0.3, -0.25) is 4.79 Å². The summed E-state index contributed by atoms with van der Waals surface area (Å²) in [7, 11) is 0. The first-order valence-electron chi connectivity index (χ1n) is 9.07. The van der Waals surface area contributed by atoms with Crippen LogP contribution in [0.15, 0.2) is 52.7 Å². The number of thioether (sulfide) groups is 1. The minimum Gasteiger partial charge on any atom is -0.494 e. The summed E-state index contributed by atoms with van der Waals surface area (Å²) in [5, 5.41) is 14.1. The number of hydrogen-bond donors (Lipinski definition) is 3. The van der Waals surface area contributed by atoms with E-state index in [2.05, 4.69) is 26.0 Å². The van der Waals surface area contributed by atoms with Crippen LogP contribution in [-0.2, 0) is 4.79 Å². The molecule has 1 aromatic heterocycles. The number of nitrogens with two attached hydrogens (primary N) is 1. The average molecular weight is 447 g/mol. The van der Waals surface area contributed by atoms with E-state index >= 15 is 0 Å². The number of rotatable bonds is 9. The molecule has 2 aromatic carbocycles. The SMILES string of the molecule is CCOc1ccc(/C=N/Nc2nnc(SCC(=O)Nc3c(F)cccc3F)n2N)cc1. The van der Waals surface area contributed by atoms with Crippen molar-refractivity contribution in [1.82, 2.24) is 14.9 Å². The summed E-state index contributed by atoms with van der Waals surface area (Å²) in [5.41, 5.74) is 2.97. The van der Waals surface area contributed by atoms with Gasteiger partial charge in [0.15, 0.2) is 0 Å². The number of halogens is 2. The van der Waals surface area contributed by atoms with Gasteiger partial charge in [0.2, 0.25) is 11.1 Å². The molecule has 3 aromatic rings. The second kappa shape index (κ2) is 10.4. The van der Waals surface area contributed by atoms with Gasteiger partial charge in [-0.25, -0.2) is 18.9 Å². The lowest BCUT2D eigenvalue weighted by atomic mass is 10.2. The number of amides is 1. The van der Waals surface area contributed by atoms with Gasteiger partial charge < -0.3 is 15.9 Å². The van der Waals surface area contributed by atoms with E-state index in [1.54, 1.807) is 6.21 Å². The molecule has 12 heteroatoms. The fourth-order valence-electron chi connectivity index (χ4n) is 2.36. The van der Waals surface area contributed by atoms with E-state index in [4.69, 9.17) is 10.6 Å². The van der Waals surface area contributed by atoms with Crippen LogP contribution in [0, 0.1) is 11.6 Å². The second-order valence-corrected chi connectivity index (χ2v) is 6.92. The zero-order chi connectivity index (χ0) is 22.2. The molecule has 0 atom stereocenters. The molecule has 0 spiro atoms. The molecule has 0 fully saturated rings. The Hall–Kier alpha value is -3.67. The molecule has 0 bridgehead atoms. The lowest BCUT2D eigenvalue weighted by Crippen LogP contribution is -2.18. The molecule has 0 aliphatic heterocycles. The zero-order valence-electron chi connectivity index (χ0n) is 16.4. The number of carbonyl (C=O) groups excluding carboxylic acids is 1. The molecule has 1 amide bonds. The molecule has 1 heterocycles. The summed E-state index contributed by atoms with van der Waals surface area (Å²) in [4.78, 5) is 12.0. The molecule has 3 rings (SSSR count). The minimum absolute atomic E-state index is 0.144. The molecule has 4 N–H and O–H groups in total. The summed E-state index contributed by atoms with van der Waals surface area (Å²) in [5.74, 6) is 4.26. The fourth-order valence-corrected chi connectivity index (χ4v) is 3.01. The van der Waals surface area contributed by atoms with Crippen molar-refractivity contribution in [3.8, 4) is 5.75 Å². The molecule has 9 nitrogen and oxygen atoms in total. The van der Waals surface area contributed by atoms with Crippen LogP contribution < -0.4 is 21.3 Å². The van der Waals surface area contributed by atoms with E-state index in [9.17, 15) is 13.6 Å². The molecule has 0 radical (unpaired) electrons. The van der Waals surface area contributed by atoms with Crippen LogP contribution in [0.1, 0.15) is 12.5 Å². The number of benzene rings is 2. The van der Waals surface area contributed by atoms with E-state index in [-0.39, 0.29) is 16.9 Å². The van der Waals surface area contributed by atoms with Gasteiger partial charge in [0.25, 0.3) is 5.95 Å².